The number of benzene rings is 2. The van der Waals surface area contributed by atoms with Gasteiger partial charge in [0.1, 0.15) is 6.04 Å². The summed E-state index contributed by atoms with van der Waals surface area (Å²) >= 11 is 0. The van der Waals surface area contributed by atoms with Crippen molar-refractivity contribution in [3.8, 4) is 0 Å². The van der Waals surface area contributed by atoms with Crippen molar-refractivity contribution in [3.63, 3.8) is 0 Å². The van der Waals surface area contributed by atoms with E-state index in [2.05, 4.69) is 10.3 Å². The van der Waals surface area contributed by atoms with Crippen LogP contribution in [-0.2, 0) is 17.9 Å². The van der Waals surface area contributed by atoms with E-state index in [4.69, 9.17) is 0 Å². The lowest BCUT2D eigenvalue weighted by Crippen LogP contribution is -2.38. The number of aromatic nitrogens is 1. The van der Waals surface area contributed by atoms with Crippen LogP contribution in [0.4, 0.5) is 0 Å². The Bertz CT molecular complexity index is 958. The Morgan fingerprint density at radius 2 is 1.70 bits per heavy atom. The number of carbonyl (C=O) groups excluding carboxylic acids is 2. The summed E-state index contributed by atoms with van der Waals surface area (Å²) in [6, 6.07) is 20.1. The molecule has 2 aromatic carbocycles. The van der Waals surface area contributed by atoms with Crippen LogP contribution in [0.15, 0.2) is 79.1 Å². The summed E-state index contributed by atoms with van der Waals surface area (Å²) < 4.78 is 0. The molecule has 0 unspecified atom stereocenters. The molecular weight excluding hydrogens is 338 g/mol. The average Bonchev–Trinajstić information content (AvgIpc) is 3.00. The van der Waals surface area contributed by atoms with Gasteiger partial charge in [0, 0.05) is 31.0 Å². The molecule has 5 heteroatoms. The summed E-state index contributed by atoms with van der Waals surface area (Å²) in [5, 5.41) is 2.95. The lowest BCUT2D eigenvalue weighted by Gasteiger charge is -2.24. The molecule has 0 aliphatic carbocycles. The van der Waals surface area contributed by atoms with Gasteiger partial charge in [-0.2, -0.15) is 0 Å². The Hall–Kier alpha value is -3.47. The molecule has 1 atom stereocenters. The van der Waals surface area contributed by atoms with Gasteiger partial charge >= 0.3 is 0 Å². The predicted molar refractivity (Wildman–Crippen MR) is 102 cm³/mol. The van der Waals surface area contributed by atoms with Crippen molar-refractivity contribution < 1.29 is 9.59 Å². The van der Waals surface area contributed by atoms with Crippen LogP contribution in [0.2, 0.25) is 0 Å². The fraction of sp³-hybridized carbons (Fsp3) is 0.136. The van der Waals surface area contributed by atoms with Crippen molar-refractivity contribution in [3.05, 3.63) is 101 Å². The second-order valence-electron chi connectivity index (χ2n) is 6.49. The van der Waals surface area contributed by atoms with Crippen molar-refractivity contribution in [1.82, 2.24) is 15.2 Å². The first-order chi connectivity index (χ1) is 13.2. The molecular formula is C22H19N3O2. The van der Waals surface area contributed by atoms with E-state index in [0.29, 0.717) is 18.7 Å². The first-order valence-corrected chi connectivity index (χ1v) is 8.84. The minimum atomic E-state index is -0.634. The van der Waals surface area contributed by atoms with E-state index in [0.717, 1.165) is 16.7 Å². The van der Waals surface area contributed by atoms with Crippen LogP contribution in [0, 0.1) is 0 Å². The zero-order valence-electron chi connectivity index (χ0n) is 14.7. The van der Waals surface area contributed by atoms with Gasteiger partial charge in [-0.05, 0) is 28.8 Å². The maximum atomic E-state index is 13.0. The van der Waals surface area contributed by atoms with Gasteiger partial charge in [-0.3, -0.25) is 14.6 Å². The molecule has 5 nitrogen and oxygen atoms in total. The van der Waals surface area contributed by atoms with E-state index in [9.17, 15) is 9.59 Å². The zero-order valence-corrected chi connectivity index (χ0v) is 14.7. The second-order valence-corrected chi connectivity index (χ2v) is 6.49. The molecule has 0 spiro atoms. The molecule has 4 rings (SSSR count). The Balaban J connectivity index is 1.60. The van der Waals surface area contributed by atoms with Gasteiger partial charge in [0.25, 0.3) is 5.91 Å². The molecule has 0 saturated carbocycles. The molecule has 0 saturated heterocycles. The van der Waals surface area contributed by atoms with E-state index < -0.39 is 6.04 Å². The number of amides is 2. The number of nitrogens with one attached hydrogen (secondary N) is 1. The number of rotatable bonds is 5. The molecule has 0 fully saturated rings. The molecule has 3 aromatic rings. The number of nitrogens with zero attached hydrogens (tertiary/aromatic N) is 2. The molecule has 0 bridgehead atoms. The third-order valence-corrected chi connectivity index (χ3v) is 4.69. The highest BCUT2D eigenvalue weighted by Gasteiger charge is 2.40. The number of carbonyl (C=O) groups is 2. The highest BCUT2D eigenvalue weighted by Crippen LogP contribution is 2.35. The monoisotopic (exact) mass is 357 g/mol. The van der Waals surface area contributed by atoms with Crippen molar-refractivity contribution in [1.29, 1.82) is 0 Å². The van der Waals surface area contributed by atoms with Gasteiger partial charge in [0.2, 0.25) is 5.91 Å². The molecule has 1 aromatic heterocycles. The van der Waals surface area contributed by atoms with E-state index in [1.165, 1.54) is 0 Å². The summed E-state index contributed by atoms with van der Waals surface area (Å²) in [4.78, 5) is 31.6. The molecule has 134 valence electrons. The SMILES string of the molecule is O=C(NCc1cccnc1)[C@@H]1c2ccccc2C(=O)N1Cc1ccccc1. The van der Waals surface area contributed by atoms with Crippen LogP contribution in [0.25, 0.3) is 0 Å². The molecule has 1 N–H and O–H groups in total. The van der Waals surface area contributed by atoms with Crippen molar-refractivity contribution in [2.75, 3.05) is 0 Å². The minimum Gasteiger partial charge on any atom is -0.350 e. The Labute approximate surface area is 157 Å². The predicted octanol–water partition coefficient (Wildman–Crippen LogP) is 3.10. The van der Waals surface area contributed by atoms with Gasteiger partial charge in [-0.15, -0.1) is 0 Å². The van der Waals surface area contributed by atoms with E-state index in [-0.39, 0.29) is 11.8 Å². The van der Waals surface area contributed by atoms with Crippen LogP contribution in [0.3, 0.4) is 0 Å². The lowest BCUT2D eigenvalue weighted by atomic mass is 10.0. The largest absolute Gasteiger partial charge is 0.350 e. The van der Waals surface area contributed by atoms with Gasteiger partial charge in [0.05, 0.1) is 0 Å². The standard InChI is InChI=1S/C22H19N3O2/c26-21(24-14-17-9-6-12-23-13-17)20-18-10-4-5-11-19(18)22(27)25(20)15-16-7-2-1-3-8-16/h1-13,20H,14-15H2,(H,24,26)/t20-/m0/s1. The number of pyridine rings is 1. The van der Waals surface area contributed by atoms with Crippen molar-refractivity contribution in [2.45, 2.75) is 19.1 Å². The third-order valence-electron chi connectivity index (χ3n) is 4.69. The highest BCUT2D eigenvalue weighted by molar-refractivity contribution is 6.04. The first kappa shape index (κ1) is 17.0. The minimum absolute atomic E-state index is 0.115. The van der Waals surface area contributed by atoms with Crippen molar-refractivity contribution >= 4 is 11.8 Å². The topological polar surface area (TPSA) is 62.3 Å². The quantitative estimate of drug-likeness (QED) is 0.763. The summed E-state index contributed by atoms with van der Waals surface area (Å²) in [6.45, 7) is 0.762. The smallest absolute Gasteiger partial charge is 0.255 e. The summed E-state index contributed by atoms with van der Waals surface area (Å²) in [6.07, 6.45) is 3.41. The summed E-state index contributed by atoms with van der Waals surface area (Å²) in [5.74, 6) is -0.302. The Kier molecular flexibility index (Phi) is 4.66. The van der Waals surface area contributed by atoms with Crippen LogP contribution < -0.4 is 5.32 Å². The maximum absolute atomic E-state index is 13.0. The van der Waals surface area contributed by atoms with Crippen LogP contribution in [0.5, 0.6) is 0 Å². The molecule has 1 aliphatic rings. The maximum Gasteiger partial charge on any atom is 0.255 e. The second kappa shape index (κ2) is 7.41. The molecule has 0 radical (unpaired) electrons. The molecule has 27 heavy (non-hydrogen) atoms. The third kappa shape index (κ3) is 3.44. The number of hydrogen-bond donors (Lipinski definition) is 1. The lowest BCUT2D eigenvalue weighted by molar-refractivity contribution is -0.125. The van der Waals surface area contributed by atoms with E-state index in [1.54, 1.807) is 23.4 Å². The normalized spacial score (nSPS) is 15.5. The highest BCUT2D eigenvalue weighted by atomic mass is 16.2. The van der Waals surface area contributed by atoms with Crippen molar-refractivity contribution in [2.24, 2.45) is 0 Å². The van der Waals surface area contributed by atoms with E-state index >= 15 is 0 Å². The van der Waals surface area contributed by atoms with E-state index in [1.807, 2.05) is 60.7 Å². The number of fused-ring (bicyclic) bond motifs is 1. The summed E-state index contributed by atoms with van der Waals surface area (Å²) in [5.41, 5.74) is 3.25. The van der Waals surface area contributed by atoms with Crippen LogP contribution in [0.1, 0.15) is 33.1 Å². The van der Waals surface area contributed by atoms with Gasteiger partial charge in [0.15, 0.2) is 0 Å². The molecule has 1 aliphatic heterocycles. The molecule has 2 heterocycles. The Morgan fingerprint density at radius 3 is 2.48 bits per heavy atom. The Morgan fingerprint density at radius 1 is 0.963 bits per heavy atom. The zero-order chi connectivity index (χ0) is 18.6. The van der Waals surface area contributed by atoms with Crippen LogP contribution in [-0.4, -0.2) is 21.7 Å². The molecule has 2 amide bonds. The van der Waals surface area contributed by atoms with Crippen LogP contribution >= 0.6 is 0 Å². The number of hydrogen-bond acceptors (Lipinski definition) is 3. The van der Waals surface area contributed by atoms with Gasteiger partial charge in [-0.1, -0.05) is 54.6 Å². The summed E-state index contributed by atoms with van der Waals surface area (Å²) in [7, 11) is 0. The van der Waals surface area contributed by atoms with Gasteiger partial charge < -0.3 is 10.2 Å². The van der Waals surface area contributed by atoms with Gasteiger partial charge in [-0.25, -0.2) is 0 Å². The fourth-order valence-corrected chi connectivity index (χ4v) is 3.38. The first-order valence-electron chi connectivity index (χ1n) is 8.84. The fourth-order valence-electron chi connectivity index (χ4n) is 3.38. The average molecular weight is 357 g/mol.